The Kier molecular flexibility index (Phi) is 6.53. The maximum absolute atomic E-state index is 11.8. The van der Waals surface area contributed by atoms with Crippen molar-refractivity contribution < 1.29 is 23.9 Å². The van der Waals surface area contributed by atoms with Gasteiger partial charge in [-0.2, -0.15) is 0 Å². The van der Waals surface area contributed by atoms with E-state index in [2.05, 4.69) is 0 Å². The summed E-state index contributed by atoms with van der Waals surface area (Å²) in [6, 6.07) is 0. The minimum Gasteiger partial charge on any atom is -0.468 e. The van der Waals surface area contributed by atoms with Crippen molar-refractivity contribution in [3.05, 3.63) is 0 Å². The first-order chi connectivity index (χ1) is 9.15. The summed E-state index contributed by atoms with van der Waals surface area (Å²) in [5.41, 5.74) is 0. The topological polar surface area (TPSA) is 69.7 Å². The van der Waals surface area contributed by atoms with Gasteiger partial charge in [-0.3, -0.25) is 9.59 Å². The first kappa shape index (κ1) is 15.7. The highest BCUT2D eigenvalue weighted by Gasteiger charge is 2.40. The van der Waals surface area contributed by atoms with Crippen molar-refractivity contribution in [2.75, 3.05) is 14.2 Å². The van der Waals surface area contributed by atoms with Crippen LogP contribution in [0.25, 0.3) is 0 Å². The summed E-state index contributed by atoms with van der Waals surface area (Å²) in [7, 11) is 2.49. The van der Waals surface area contributed by atoms with E-state index in [0.717, 1.165) is 32.0 Å². The molecule has 0 saturated heterocycles. The Labute approximate surface area is 113 Å². The van der Waals surface area contributed by atoms with Crippen molar-refractivity contribution >= 4 is 18.2 Å². The fourth-order valence-electron chi connectivity index (χ4n) is 2.97. The predicted molar refractivity (Wildman–Crippen MR) is 68.3 cm³/mol. The Hall–Kier alpha value is -1.39. The van der Waals surface area contributed by atoms with Gasteiger partial charge in [0, 0.05) is 6.42 Å². The maximum Gasteiger partial charge on any atom is 0.320 e. The minimum absolute atomic E-state index is 0.194. The van der Waals surface area contributed by atoms with Crippen LogP contribution in [-0.2, 0) is 23.9 Å². The number of aldehydes is 1. The number of rotatable bonds is 6. The molecule has 0 aliphatic heterocycles. The van der Waals surface area contributed by atoms with Gasteiger partial charge < -0.3 is 14.3 Å². The van der Waals surface area contributed by atoms with Crippen LogP contribution in [0.3, 0.4) is 0 Å². The third kappa shape index (κ3) is 4.04. The SMILES string of the molecule is COC(=O)C(C(=O)OC)[C@H](CC=O)C1CCCCC1. The summed E-state index contributed by atoms with van der Waals surface area (Å²) < 4.78 is 9.40. The van der Waals surface area contributed by atoms with Crippen molar-refractivity contribution in [3.8, 4) is 0 Å². The van der Waals surface area contributed by atoms with Crippen LogP contribution in [0.1, 0.15) is 38.5 Å². The normalized spacial score (nSPS) is 17.8. The fourth-order valence-corrected chi connectivity index (χ4v) is 2.97. The zero-order valence-corrected chi connectivity index (χ0v) is 11.6. The lowest BCUT2D eigenvalue weighted by molar-refractivity contribution is -0.163. The molecular formula is C14H22O5. The molecule has 0 bridgehead atoms. The van der Waals surface area contributed by atoms with Crippen molar-refractivity contribution in [1.29, 1.82) is 0 Å². The fraction of sp³-hybridized carbons (Fsp3) is 0.786. The summed E-state index contributed by atoms with van der Waals surface area (Å²) in [5, 5.41) is 0. The molecule has 0 N–H and O–H groups in total. The molecule has 1 saturated carbocycles. The van der Waals surface area contributed by atoms with E-state index in [9.17, 15) is 14.4 Å². The van der Waals surface area contributed by atoms with Gasteiger partial charge in [0.15, 0.2) is 5.92 Å². The molecule has 0 heterocycles. The van der Waals surface area contributed by atoms with Gasteiger partial charge in [0.2, 0.25) is 0 Å². The highest BCUT2D eigenvalue weighted by atomic mass is 16.5. The molecule has 1 aliphatic rings. The number of carbonyl (C=O) groups excluding carboxylic acids is 3. The van der Waals surface area contributed by atoms with E-state index >= 15 is 0 Å². The number of ether oxygens (including phenoxy) is 2. The van der Waals surface area contributed by atoms with Gasteiger partial charge in [-0.1, -0.05) is 32.1 Å². The highest BCUT2D eigenvalue weighted by Crippen LogP contribution is 2.36. The lowest BCUT2D eigenvalue weighted by Crippen LogP contribution is -2.38. The van der Waals surface area contributed by atoms with Gasteiger partial charge in [0.05, 0.1) is 14.2 Å². The van der Waals surface area contributed by atoms with Gasteiger partial charge in [-0.15, -0.1) is 0 Å². The van der Waals surface area contributed by atoms with Crippen molar-refractivity contribution in [2.24, 2.45) is 17.8 Å². The number of methoxy groups -OCH3 is 2. The van der Waals surface area contributed by atoms with Gasteiger partial charge in [-0.05, 0) is 11.8 Å². The van der Waals surface area contributed by atoms with Crippen molar-refractivity contribution in [3.63, 3.8) is 0 Å². The van der Waals surface area contributed by atoms with Crippen LogP contribution in [0.2, 0.25) is 0 Å². The summed E-state index contributed by atoms with van der Waals surface area (Å²) >= 11 is 0. The third-order valence-corrected chi connectivity index (χ3v) is 3.96. The van der Waals surface area contributed by atoms with Gasteiger partial charge in [-0.25, -0.2) is 0 Å². The molecule has 0 spiro atoms. The van der Waals surface area contributed by atoms with E-state index in [4.69, 9.17) is 9.47 Å². The Morgan fingerprint density at radius 3 is 2.05 bits per heavy atom. The molecule has 108 valence electrons. The quantitative estimate of drug-likeness (QED) is 0.417. The average Bonchev–Trinajstić information content (AvgIpc) is 2.46. The van der Waals surface area contributed by atoms with Crippen molar-refractivity contribution in [1.82, 2.24) is 0 Å². The standard InChI is InChI=1S/C14H22O5/c1-18-13(16)12(14(17)19-2)11(8-9-15)10-6-4-3-5-7-10/h9-12H,3-8H2,1-2H3/t11-/m1/s1. The molecule has 0 aromatic heterocycles. The monoisotopic (exact) mass is 270 g/mol. The van der Waals surface area contributed by atoms with E-state index in [1.54, 1.807) is 0 Å². The molecular weight excluding hydrogens is 248 g/mol. The molecule has 19 heavy (non-hydrogen) atoms. The van der Waals surface area contributed by atoms with Crippen LogP contribution in [0.4, 0.5) is 0 Å². The summed E-state index contributed by atoms with van der Waals surface area (Å²) in [5.74, 6) is -2.29. The third-order valence-electron chi connectivity index (χ3n) is 3.96. The molecule has 1 rings (SSSR count). The molecule has 1 aliphatic carbocycles. The van der Waals surface area contributed by atoms with Crippen LogP contribution in [0.15, 0.2) is 0 Å². The van der Waals surface area contributed by atoms with Crippen LogP contribution < -0.4 is 0 Å². The molecule has 0 amide bonds. The average molecular weight is 270 g/mol. The zero-order valence-electron chi connectivity index (χ0n) is 11.6. The Bertz CT molecular complexity index is 304. The van der Waals surface area contributed by atoms with Crippen LogP contribution in [-0.4, -0.2) is 32.4 Å². The summed E-state index contributed by atoms with van der Waals surface area (Å²) in [6.45, 7) is 0. The maximum atomic E-state index is 11.8. The van der Waals surface area contributed by atoms with Crippen LogP contribution >= 0.6 is 0 Å². The van der Waals surface area contributed by atoms with Gasteiger partial charge in [0.1, 0.15) is 6.29 Å². The first-order valence-electron chi connectivity index (χ1n) is 6.75. The van der Waals surface area contributed by atoms with E-state index < -0.39 is 17.9 Å². The number of carbonyl (C=O) groups is 3. The number of hydrogen-bond acceptors (Lipinski definition) is 5. The second-order valence-corrected chi connectivity index (χ2v) is 4.99. The summed E-state index contributed by atoms with van der Waals surface area (Å²) in [4.78, 5) is 34.5. The molecule has 0 unspecified atom stereocenters. The zero-order chi connectivity index (χ0) is 14.3. The van der Waals surface area contributed by atoms with E-state index in [1.165, 1.54) is 20.6 Å². The largest absolute Gasteiger partial charge is 0.468 e. The molecule has 5 heteroatoms. The Balaban J connectivity index is 2.92. The minimum atomic E-state index is -0.983. The molecule has 1 fully saturated rings. The smallest absolute Gasteiger partial charge is 0.320 e. The predicted octanol–water partition coefficient (Wildman–Crippen LogP) is 1.73. The summed E-state index contributed by atoms with van der Waals surface area (Å²) in [6.07, 6.45) is 6.19. The molecule has 0 radical (unpaired) electrons. The second-order valence-electron chi connectivity index (χ2n) is 4.99. The highest BCUT2D eigenvalue weighted by molar-refractivity contribution is 5.95. The molecule has 1 atom stereocenters. The van der Waals surface area contributed by atoms with Crippen LogP contribution in [0, 0.1) is 17.8 Å². The lowest BCUT2D eigenvalue weighted by atomic mass is 9.72. The lowest BCUT2D eigenvalue weighted by Gasteiger charge is -2.32. The number of esters is 2. The van der Waals surface area contributed by atoms with Gasteiger partial charge in [0.25, 0.3) is 0 Å². The molecule has 0 aromatic carbocycles. The Morgan fingerprint density at radius 1 is 1.11 bits per heavy atom. The van der Waals surface area contributed by atoms with E-state index in [1.807, 2.05) is 0 Å². The molecule has 5 nitrogen and oxygen atoms in total. The second kappa shape index (κ2) is 7.92. The van der Waals surface area contributed by atoms with Crippen LogP contribution in [0.5, 0.6) is 0 Å². The number of hydrogen-bond donors (Lipinski definition) is 0. The van der Waals surface area contributed by atoms with E-state index in [0.29, 0.717) is 0 Å². The Morgan fingerprint density at radius 2 is 1.63 bits per heavy atom. The molecule has 0 aromatic rings. The first-order valence-corrected chi connectivity index (χ1v) is 6.75. The van der Waals surface area contributed by atoms with Gasteiger partial charge >= 0.3 is 11.9 Å². The van der Waals surface area contributed by atoms with Crippen molar-refractivity contribution in [2.45, 2.75) is 38.5 Å². The van der Waals surface area contributed by atoms with E-state index in [-0.39, 0.29) is 18.3 Å².